The maximum atomic E-state index is 10.6. The number of rotatable bonds is 3. The molecule has 2 aromatic rings. The second-order valence-electron chi connectivity index (χ2n) is 4.25. The maximum Gasteiger partial charge on any atom is 0.433 e. The lowest BCUT2D eigenvalue weighted by atomic mass is 10.0. The van der Waals surface area contributed by atoms with E-state index in [0.717, 1.165) is 16.7 Å². The molecule has 100 valence electrons. The van der Waals surface area contributed by atoms with Crippen molar-refractivity contribution in [3.05, 3.63) is 61.9 Å². The molecule has 6 heteroatoms. The Morgan fingerprint density at radius 2 is 2.00 bits per heavy atom. The van der Waals surface area contributed by atoms with E-state index in [-0.39, 0.29) is 10.7 Å². The molecule has 1 aromatic carbocycles. The zero-order valence-corrected chi connectivity index (χ0v) is 12.7. The third-order valence-corrected chi connectivity index (χ3v) is 4.21. The van der Waals surface area contributed by atoms with Crippen molar-refractivity contribution in [2.24, 2.45) is 0 Å². The normalized spacial score (nSPS) is 12.4. The molecule has 0 amide bonds. The summed E-state index contributed by atoms with van der Waals surface area (Å²) >= 11 is 9.56. The molecule has 0 saturated carbocycles. The van der Waals surface area contributed by atoms with Gasteiger partial charge in [0.25, 0.3) is 0 Å². The van der Waals surface area contributed by atoms with Crippen molar-refractivity contribution in [3.63, 3.8) is 0 Å². The Hall–Kier alpha value is -1.33. The lowest BCUT2D eigenvalue weighted by molar-refractivity contribution is -0.402. The number of aryl methyl sites for hydroxylation is 2. The zero-order valence-electron chi connectivity index (χ0n) is 10.3. The highest BCUT2D eigenvalue weighted by molar-refractivity contribution is 9.09. The van der Waals surface area contributed by atoms with Crippen molar-refractivity contribution >= 4 is 33.4 Å². The molecule has 1 aromatic heterocycles. The summed E-state index contributed by atoms with van der Waals surface area (Å²) in [7, 11) is 0. The van der Waals surface area contributed by atoms with Crippen LogP contribution in [0.2, 0.25) is 5.02 Å². The quantitative estimate of drug-likeness (QED) is 0.450. The van der Waals surface area contributed by atoms with Crippen LogP contribution in [0.1, 0.15) is 27.3 Å². The van der Waals surface area contributed by atoms with Crippen molar-refractivity contribution in [1.82, 2.24) is 0 Å². The third kappa shape index (κ3) is 2.82. The first kappa shape index (κ1) is 14.1. The van der Waals surface area contributed by atoms with Gasteiger partial charge in [-0.2, -0.15) is 0 Å². The van der Waals surface area contributed by atoms with E-state index in [1.165, 1.54) is 6.07 Å². The minimum absolute atomic E-state index is 0.239. The van der Waals surface area contributed by atoms with Gasteiger partial charge in [-0.1, -0.05) is 33.6 Å². The average Bonchev–Trinajstić information content (AvgIpc) is 2.82. The second-order valence-corrected chi connectivity index (χ2v) is 5.58. The Bertz CT molecular complexity index is 639. The van der Waals surface area contributed by atoms with Crippen LogP contribution in [0, 0.1) is 24.0 Å². The van der Waals surface area contributed by atoms with Crippen molar-refractivity contribution in [2.45, 2.75) is 18.7 Å². The van der Waals surface area contributed by atoms with Crippen LogP contribution in [0.5, 0.6) is 0 Å². The monoisotopic (exact) mass is 343 g/mol. The molecular formula is C13H11BrClNO3. The largest absolute Gasteiger partial charge is 0.433 e. The fourth-order valence-corrected chi connectivity index (χ4v) is 2.76. The van der Waals surface area contributed by atoms with E-state index >= 15 is 0 Å². The lowest BCUT2D eigenvalue weighted by Gasteiger charge is -2.12. The van der Waals surface area contributed by atoms with Crippen molar-refractivity contribution in [3.8, 4) is 0 Å². The highest BCUT2D eigenvalue weighted by atomic mass is 79.9. The smallest absolute Gasteiger partial charge is 0.404 e. The average molecular weight is 345 g/mol. The van der Waals surface area contributed by atoms with E-state index in [2.05, 4.69) is 15.9 Å². The summed E-state index contributed by atoms with van der Waals surface area (Å²) < 4.78 is 5.21. The Balaban J connectivity index is 2.40. The summed E-state index contributed by atoms with van der Waals surface area (Å²) in [4.78, 5) is 9.83. The Labute approximate surface area is 123 Å². The van der Waals surface area contributed by atoms with E-state index in [1.54, 1.807) is 6.07 Å². The molecule has 2 rings (SSSR count). The maximum absolute atomic E-state index is 10.6. The number of hydrogen-bond donors (Lipinski definition) is 0. The predicted octanol–water partition coefficient (Wildman–Crippen LogP) is 4.94. The summed E-state index contributed by atoms with van der Waals surface area (Å²) in [5.74, 6) is 0.235. The summed E-state index contributed by atoms with van der Waals surface area (Å²) in [5.41, 5.74) is 2.93. The van der Waals surface area contributed by atoms with Crippen molar-refractivity contribution < 1.29 is 9.34 Å². The molecule has 0 fully saturated rings. The highest BCUT2D eigenvalue weighted by Gasteiger charge is 2.21. The van der Waals surface area contributed by atoms with Gasteiger partial charge in [-0.3, -0.25) is 10.1 Å². The first-order valence-corrected chi connectivity index (χ1v) is 6.84. The van der Waals surface area contributed by atoms with E-state index in [9.17, 15) is 10.1 Å². The molecule has 0 N–H and O–H groups in total. The van der Waals surface area contributed by atoms with Gasteiger partial charge in [0.1, 0.15) is 10.7 Å². The second kappa shape index (κ2) is 5.35. The number of nitrogens with zero attached hydrogens (tertiary/aromatic N) is 1. The van der Waals surface area contributed by atoms with Gasteiger partial charge in [0, 0.05) is 5.02 Å². The van der Waals surface area contributed by atoms with Gasteiger partial charge in [-0.25, -0.2) is 0 Å². The van der Waals surface area contributed by atoms with Crippen molar-refractivity contribution in [2.75, 3.05) is 0 Å². The molecule has 1 unspecified atom stereocenters. The van der Waals surface area contributed by atoms with Gasteiger partial charge >= 0.3 is 5.88 Å². The first-order valence-electron chi connectivity index (χ1n) is 5.55. The molecule has 0 aliphatic carbocycles. The van der Waals surface area contributed by atoms with Crippen LogP contribution in [-0.4, -0.2) is 4.92 Å². The Morgan fingerprint density at radius 3 is 2.58 bits per heavy atom. The van der Waals surface area contributed by atoms with E-state index in [0.29, 0.717) is 10.8 Å². The number of hydrogen-bond acceptors (Lipinski definition) is 3. The molecule has 4 nitrogen and oxygen atoms in total. The van der Waals surface area contributed by atoms with Crippen LogP contribution in [0.25, 0.3) is 0 Å². The molecule has 0 spiro atoms. The summed E-state index contributed by atoms with van der Waals surface area (Å²) in [6, 6.07) is 6.77. The summed E-state index contributed by atoms with van der Waals surface area (Å²) in [6.07, 6.45) is 0. The minimum Gasteiger partial charge on any atom is -0.404 e. The van der Waals surface area contributed by atoms with Crippen LogP contribution in [0.4, 0.5) is 5.88 Å². The number of halogens is 2. The number of alkyl halides is 1. The molecular weight excluding hydrogens is 334 g/mol. The van der Waals surface area contributed by atoms with Gasteiger partial charge in [0.15, 0.2) is 0 Å². The van der Waals surface area contributed by atoms with Crippen LogP contribution in [0.15, 0.2) is 28.7 Å². The Kier molecular flexibility index (Phi) is 3.96. The van der Waals surface area contributed by atoms with Crippen molar-refractivity contribution in [1.29, 1.82) is 0 Å². The van der Waals surface area contributed by atoms with E-state index < -0.39 is 4.92 Å². The van der Waals surface area contributed by atoms with Gasteiger partial charge in [-0.15, -0.1) is 0 Å². The van der Waals surface area contributed by atoms with Crippen LogP contribution in [-0.2, 0) is 0 Å². The molecule has 0 saturated heterocycles. The van der Waals surface area contributed by atoms with Crippen LogP contribution >= 0.6 is 27.5 Å². The highest BCUT2D eigenvalue weighted by Crippen LogP contribution is 2.37. The fourth-order valence-electron chi connectivity index (χ4n) is 1.81. The molecule has 1 atom stereocenters. The summed E-state index contributed by atoms with van der Waals surface area (Å²) in [5, 5.41) is 11.3. The third-order valence-electron chi connectivity index (χ3n) is 2.86. The summed E-state index contributed by atoms with van der Waals surface area (Å²) in [6.45, 7) is 3.85. The standard InChI is InChI=1S/C13H11BrClNO3/c1-7-6-10(15)8(2)5-9(7)13(14)11-3-4-12(19-11)16(17)18/h3-6,13H,1-2H3. The van der Waals surface area contributed by atoms with Gasteiger partial charge in [0.05, 0.1) is 10.9 Å². The molecule has 0 aliphatic heterocycles. The number of furan rings is 1. The topological polar surface area (TPSA) is 56.3 Å². The van der Waals surface area contributed by atoms with Crippen LogP contribution < -0.4 is 0 Å². The number of benzene rings is 1. The van der Waals surface area contributed by atoms with E-state index in [4.69, 9.17) is 16.0 Å². The van der Waals surface area contributed by atoms with Gasteiger partial charge in [0.2, 0.25) is 0 Å². The van der Waals surface area contributed by atoms with E-state index in [1.807, 2.05) is 26.0 Å². The predicted molar refractivity (Wildman–Crippen MR) is 77.1 cm³/mol. The first-order chi connectivity index (χ1) is 8.90. The fraction of sp³-hybridized carbons (Fsp3) is 0.231. The molecule has 0 bridgehead atoms. The molecule has 0 aliphatic rings. The zero-order chi connectivity index (χ0) is 14.2. The van der Waals surface area contributed by atoms with Gasteiger partial charge in [-0.05, 0) is 42.7 Å². The molecule has 0 radical (unpaired) electrons. The number of nitro groups is 1. The molecule has 1 heterocycles. The SMILES string of the molecule is Cc1cc(C(Br)c2ccc([N+](=O)[O-])o2)c(C)cc1Cl. The Morgan fingerprint density at radius 1 is 1.32 bits per heavy atom. The molecule has 19 heavy (non-hydrogen) atoms. The minimum atomic E-state index is -0.552. The van der Waals surface area contributed by atoms with Crippen LogP contribution in [0.3, 0.4) is 0 Å². The lowest BCUT2D eigenvalue weighted by Crippen LogP contribution is -1.96. The van der Waals surface area contributed by atoms with Gasteiger partial charge < -0.3 is 4.42 Å².